The lowest BCUT2D eigenvalue weighted by atomic mass is 9.77. The van der Waals surface area contributed by atoms with Crippen molar-refractivity contribution >= 4 is 5.91 Å². The van der Waals surface area contributed by atoms with Gasteiger partial charge in [-0.25, -0.2) is 0 Å². The summed E-state index contributed by atoms with van der Waals surface area (Å²) in [6.07, 6.45) is 1.16. The number of fused-ring (bicyclic) bond motifs is 1. The van der Waals surface area contributed by atoms with E-state index in [4.69, 9.17) is 9.47 Å². The first kappa shape index (κ1) is 20.9. The molecule has 0 unspecified atom stereocenters. The first-order valence-electron chi connectivity index (χ1n) is 10.5. The van der Waals surface area contributed by atoms with Crippen molar-refractivity contribution in [3.05, 3.63) is 23.3 Å². The number of hydrogen-bond donors (Lipinski definition) is 2. The molecule has 2 N–H and O–H groups in total. The Labute approximate surface area is 168 Å². The van der Waals surface area contributed by atoms with E-state index >= 15 is 0 Å². The number of rotatable bonds is 7. The van der Waals surface area contributed by atoms with Crippen molar-refractivity contribution in [3.63, 3.8) is 0 Å². The number of hydrogen-bond acceptors (Lipinski definition) is 5. The third kappa shape index (κ3) is 4.61. The zero-order chi connectivity index (χ0) is 20.3. The lowest BCUT2D eigenvalue weighted by Crippen LogP contribution is -2.48. The van der Waals surface area contributed by atoms with Crippen LogP contribution in [-0.4, -0.2) is 54.4 Å². The molecule has 1 aliphatic carbocycles. The van der Waals surface area contributed by atoms with Gasteiger partial charge in [-0.1, -0.05) is 6.07 Å². The Kier molecular flexibility index (Phi) is 6.83. The lowest BCUT2D eigenvalue weighted by molar-refractivity contribution is -0.121. The van der Waals surface area contributed by atoms with Crippen LogP contribution in [0.25, 0.3) is 0 Å². The van der Waals surface area contributed by atoms with Gasteiger partial charge in [-0.3, -0.25) is 9.69 Å². The molecule has 1 aromatic rings. The molecule has 156 valence electrons. The largest absolute Gasteiger partial charge is 0.493 e. The van der Waals surface area contributed by atoms with Crippen molar-refractivity contribution < 1.29 is 19.4 Å². The molecule has 1 heterocycles. The van der Waals surface area contributed by atoms with Crippen LogP contribution < -0.4 is 14.8 Å². The topological polar surface area (TPSA) is 71.0 Å². The van der Waals surface area contributed by atoms with Crippen LogP contribution in [0, 0.1) is 18.8 Å². The summed E-state index contributed by atoms with van der Waals surface area (Å²) in [5.74, 6) is 2.74. The van der Waals surface area contributed by atoms with E-state index in [1.807, 2.05) is 19.9 Å². The highest BCUT2D eigenvalue weighted by Gasteiger charge is 2.42. The minimum absolute atomic E-state index is 0.0661. The number of carbonyl (C=O) groups excluding carboxylic acids is 1. The number of aliphatic hydroxyl groups excluding tert-OH is 1. The zero-order valence-electron chi connectivity index (χ0n) is 17.5. The van der Waals surface area contributed by atoms with Gasteiger partial charge in [0.15, 0.2) is 0 Å². The quantitative estimate of drug-likeness (QED) is 0.749. The Balaban J connectivity index is 1.70. The monoisotopic (exact) mass is 390 g/mol. The van der Waals surface area contributed by atoms with Crippen LogP contribution in [0.1, 0.15) is 44.7 Å². The van der Waals surface area contributed by atoms with Crippen LogP contribution in [0.3, 0.4) is 0 Å². The van der Waals surface area contributed by atoms with Gasteiger partial charge in [-0.05, 0) is 51.5 Å². The summed E-state index contributed by atoms with van der Waals surface area (Å²) in [7, 11) is 0. The van der Waals surface area contributed by atoms with Gasteiger partial charge in [0.1, 0.15) is 11.5 Å². The predicted molar refractivity (Wildman–Crippen MR) is 109 cm³/mol. The normalized spacial score (nSPS) is 27.3. The first-order valence-corrected chi connectivity index (χ1v) is 10.5. The van der Waals surface area contributed by atoms with E-state index in [1.54, 1.807) is 0 Å². The van der Waals surface area contributed by atoms with Crippen LogP contribution in [-0.2, 0) is 11.3 Å². The second kappa shape index (κ2) is 9.14. The fourth-order valence-corrected chi connectivity index (χ4v) is 4.83. The third-order valence-electron chi connectivity index (χ3n) is 6.03. The van der Waals surface area contributed by atoms with Gasteiger partial charge in [0.25, 0.3) is 0 Å². The molecule has 6 heteroatoms. The molecular weight excluding hydrogens is 356 g/mol. The lowest BCUT2D eigenvalue weighted by Gasteiger charge is -2.35. The fraction of sp³-hybridized carbons (Fsp3) is 0.682. The second-order valence-corrected chi connectivity index (χ2v) is 8.10. The number of aliphatic hydroxyl groups is 1. The number of amides is 1. The van der Waals surface area contributed by atoms with Gasteiger partial charge in [0.05, 0.1) is 25.4 Å². The van der Waals surface area contributed by atoms with Gasteiger partial charge < -0.3 is 19.9 Å². The van der Waals surface area contributed by atoms with Gasteiger partial charge in [-0.2, -0.15) is 0 Å². The van der Waals surface area contributed by atoms with E-state index in [9.17, 15) is 9.90 Å². The maximum absolute atomic E-state index is 11.4. The summed E-state index contributed by atoms with van der Waals surface area (Å²) in [5, 5.41) is 13.3. The number of nitrogens with zero attached hydrogens (tertiary/aromatic N) is 1. The first-order chi connectivity index (χ1) is 13.4. The van der Waals surface area contributed by atoms with Crippen LogP contribution in [0.2, 0.25) is 0 Å². The van der Waals surface area contributed by atoms with Crippen molar-refractivity contribution in [2.45, 2.75) is 59.2 Å². The maximum atomic E-state index is 11.4. The van der Waals surface area contributed by atoms with Crippen molar-refractivity contribution in [2.24, 2.45) is 11.8 Å². The van der Waals surface area contributed by atoms with Crippen molar-refractivity contribution in [3.8, 4) is 11.5 Å². The van der Waals surface area contributed by atoms with Gasteiger partial charge in [0, 0.05) is 37.7 Å². The Morgan fingerprint density at radius 2 is 1.86 bits per heavy atom. The van der Waals surface area contributed by atoms with Crippen LogP contribution in [0.5, 0.6) is 11.5 Å². The minimum atomic E-state index is -0.447. The second-order valence-electron chi connectivity index (χ2n) is 8.10. The highest BCUT2D eigenvalue weighted by atomic mass is 16.5. The fourth-order valence-electron chi connectivity index (χ4n) is 4.83. The van der Waals surface area contributed by atoms with E-state index in [0.717, 1.165) is 49.5 Å². The average Bonchev–Trinajstić information content (AvgIpc) is 3.01. The Morgan fingerprint density at radius 1 is 1.18 bits per heavy atom. The molecular formula is C22H34N2O4. The van der Waals surface area contributed by atoms with Gasteiger partial charge in [0.2, 0.25) is 5.91 Å². The summed E-state index contributed by atoms with van der Waals surface area (Å²) in [4.78, 5) is 13.9. The minimum Gasteiger partial charge on any atom is -0.493 e. The molecule has 28 heavy (non-hydrogen) atoms. The molecule has 0 bridgehead atoms. The van der Waals surface area contributed by atoms with E-state index in [0.29, 0.717) is 25.0 Å². The van der Waals surface area contributed by atoms with Gasteiger partial charge in [-0.15, -0.1) is 0 Å². The molecule has 1 saturated heterocycles. The molecule has 3 rings (SSSR count). The van der Waals surface area contributed by atoms with Crippen LogP contribution in [0.4, 0.5) is 0 Å². The molecule has 1 aromatic carbocycles. The molecule has 2 aliphatic rings. The van der Waals surface area contributed by atoms with E-state index in [2.05, 4.69) is 23.2 Å². The third-order valence-corrected chi connectivity index (χ3v) is 6.03. The molecule has 1 amide bonds. The van der Waals surface area contributed by atoms with E-state index in [-0.39, 0.29) is 11.9 Å². The number of nitrogens with one attached hydrogen (secondary N) is 1. The van der Waals surface area contributed by atoms with Crippen LogP contribution in [0.15, 0.2) is 12.1 Å². The summed E-state index contributed by atoms with van der Waals surface area (Å²) in [6.45, 7) is 11.6. The number of likely N-dealkylation sites (tertiary alicyclic amines) is 1. The molecule has 6 nitrogen and oxygen atoms in total. The molecule has 0 aromatic heterocycles. The Hall–Kier alpha value is -1.79. The molecule has 2 fully saturated rings. The summed E-state index contributed by atoms with van der Waals surface area (Å²) in [6, 6.07) is 4.03. The van der Waals surface area contributed by atoms with E-state index in [1.165, 1.54) is 12.5 Å². The highest BCUT2D eigenvalue weighted by Crippen LogP contribution is 2.39. The maximum Gasteiger partial charge on any atom is 0.217 e. The average molecular weight is 391 g/mol. The van der Waals surface area contributed by atoms with E-state index < -0.39 is 6.10 Å². The number of carbonyl (C=O) groups is 1. The van der Waals surface area contributed by atoms with Gasteiger partial charge >= 0.3 is 0 Å². The SMILES string of the molecule is CCOc1ccc(CN2C[C@H]3C[C@@H](NC(C)=O)[C@H](O)C[C@H]3C2)c(OCC)c1C. The smallest absolute Gasteiger partial charge is 0.217 e. The number of benzene rings is 1. The highest BCUT2D eigenvalue weighted by molar-refractivity contribution is 5.73. The number of ether oxygens (including phenoxy) is 2. The van der Waals surface area contributed by atoms with Crippen molar-refractivity contribution in [1.29, 1.82) is 0 Å². The molecule has 4 atom stereocenters. The summed E-state index contributed by atoms with van der Waals surface area (Å²) < 4.78 is 11.7. The molecule has 0 radical (unpaired) electrons. The van der Waals surface area contributed by atoms with Crippen molar-refractivity contribution in [1.82, 2.24) is 10.2 Å². The van der Waals surface area contributed by atoms with Crippen LogP contribution >= 0.6 is 0 Å². The molecule has 1 saturated carbocycles. The summed E-state index contributed by atoms with van der Waals surface area (Å²) in [5.41, 5.74) is 2.24. The predicted octanol–water partition coefficient (Wildman–Crippen LogP) is 2.50. The standard InChI is InChI=1S/C22H34N2O4/c1-5-27-21-8-7-16(22(14(21)3)28-6-2)11-24-12-17-9-19(23-15(4)25)20(26)10-18(17)13-24/h7-8,17-20,26H,5-6,9-13H2,1-4H3,(H,23,25)/t17-,18+,19-,20-/m1/s1. The molecule has 1 aliphatic heterocycles. The van der Waals surface area contributed by atoms with Crippen molar-refractivity contribution in [2.75, 3.05) is 26.3 Å². The Bertz CT molecular complexity index is 693. The molecule has 0 spiro atoms. The summed E-state index contributed by atoms with van der Waals surface area (Å²) >= 11 is 0. The zero-order valence-corrected chi connectivity index (χ0v) is 17.5. The Morgan fingerprint density at radius 3 is 2.50 bits per heavy atom.